The Hall–Kier alpha value is -1.93. The molecule has 0 amide bonds. The third-order valence-electron chi connectivity index (χ3n) is 7.44. The van der Waals surface area contributed by atoms with Gasteiger partial charge in [-0.1, -0.05) is 80.3 Å². The van der Waals surface area contributed by atoms with E-state index in [-0.39, 0.29) is 0 Å². The highest BCUT2D eigenvalue weighted by Gasteiger charge is 2.45. The number of unbranched alkanes of at least 4 members (excludes halogenated alkanes) is 4. The van der Waals surface area contributed by atoms with Gasteiger partial charge in [-0.15, -0.1) is 0 Å². The van der Waals surface area contributed by atoms with Gasteiger partial charge in [-0.25, -0.2) is 0 Å². The van der Waals surface area contributed by atoms with Crippen LogP contribution >= 0.6 is 0 Å². The highest BCUT2D eigenvalue weighted by Crippen LogP contribution is 2.30. The topological polar surface area (TPSA) is 89.0 Å². The molecule has 0 aliphatic rings. The Labute approximate surface area is 238 Å². The van der Waals surface area contributed by atoms with Gasteiger partial charge in [0.05, 0.1) is 0 Å². The molecule has 0 spiro atoms. The predicted molar refractivity (Wildman–Crippen MR) is 172 cm³/mol. The van der Waals surface area contributed by atoms with Crippen molar-refractivity contribution in [3.8, 4) is 0 Å². The first-order chi connectivity index (χ1) is 19.1. The Kier molecular flexibility index (Phi) is 11.7. The van der Waals surface area contributed by atoms with E-state index in [4.69, 9.17) is 28.5 Å². The number of rotatable bonds is 17. The Balaban J connectivity index is 1.71. The molecule has 0 saturated carbocycles. The van der Waals surface area contributed by atoms with Crippen LogP contribution in [0.25, 0.3) is 32.3 Å². The molecule has 0 aliphatic carbocycles. The fourth-order valence-electron chi connectivity index (χ4n) is 5.33. The van der Waals surface area contributed by atoms with Crippen molar-refractivity contribution < 1.29 is 17.1 Å². The second kappa shape index (κ2) is 15.2. The van der Waals surface area contributed by atoms with Crippen molar-refractivity contribution in [1.82, 2.24) is 0 Å². The van der Waals surface area contributed by atoms with Gasteiger partial charge in [0.15, 0.2) is 9.76 Å². The molecule has 0 radical (unpaired) electrons. The molecule has 39 heavy (non-hydrogen) atoms. The first-order valence-corrected chi connectivity index (χ1v) is 19.4. The van der Waals surface area contributed by atoms with Gasteiger partial charge in [-0.05, 0) is 87.7 Å². The molecule has 9 heteroatoms. The van der Waals surface area contributed by atoms with Crippen LogP contribution in [-0.4, -0.2) is 55.2 Å². The molecule has 0 fully saturated rings. The van der Waals surface area contributed by atoms with E-state index in [0.717, 1.165) is 57.2 Å². The average molecular weight is 581 g/mol. The molecule has 4 aromatic rings. The molecule has 0 aliphatic heterocycles. The quantitative estimate of drug-likeness (QED) is 0.0822. The third kappa shape index (κ3) is 7.63. The van der Waals surface area contributed by atoms with Crippen LogP contribution in [0, 0.1) is 0 Å². The number of hydrogen-bond donors (Lipinski definition) is 2. The van der Waals surface area contributed by atoms with Gasteiger partial charge < -0.3 is 28.5 Å². The van der Waals surface area contributed by atoms with Crippen LogP contribution in [-0.2, 0) is 17.1 Å². The van der Waals surface area contributed by atoms with Crippen LogP contribution in [0.1, 0.15) is 38.5 Å². The smallest absolute Gasteiger partial charge is 0.400 e. The Morgan fingerprint density at radius 2 is 1.38 bits per heavy atom. The van der Waals surface area contributed by atoms with Crippen LogP contribution in [0.4, 0.5) is 0 Å². The summed E-state index contributed by atoms with van der Waals surface area (Å²) in [5, 5.41) is 8.82. The number of nitrogens with two attached hydrogens (primary N) is 2. The normalized spacial score (nSPS) is 13.3. The van der Waals surface area contributed by atoms with Crippen molar-refractivity contribution in [2.45, 2.75) is 50.6 Å². The van der Waals surface area contributed by atoms with Gasteiger partial charge in [0, 0.05) is 14.2 Å². The maximum absolute atomic E-state index is 6.97. The van der Waals surface area contributed by atoms with Crippen molar-refractivity contribution >= 4 is 65.4 Å². The van der Waals surface area contributed by atoms with Crippen molar-refractivity contribution in [3.63, 3.8) is 0 Å². The van der Waals surface area contributed by atoms with E-state index in [1.807, 2.05) is 0 Å². The maximum Gasteiger partial charge on any atom is 0.657 e. The van der Waals surface area contributed by atoms with Gasteiger partial charge in [0.25, 0.3) is 0 Å². The molecule has 0 bridgehead atoms. The van der Waals surface area contributed by atoms with Gasteiger partial charge in [0.1, 0.15) is 0 Å². The van der Waals surface area contributed by atoms with Crippen LogP contribution in [0.5, 0.6) is 0 Å². The molecule has 4 rings (SSSR count). The predicted octanol–water partition coefficient (Wildman–Crippen LogP) is 4.60. The van der Waals surface area contributed by atoms with Gasteiger partial charge in [-0.2, -0.15) is 0 Å². The zero-order valence-electron chi connectivity index (χ0n) is 23.5. The lowest BCUT2D eigenvalue weighted by Crippen LogP contribution is -2.54. The van der Waals surface area contributed by atoms with E-state index in [1.54, 1.807) is 14.2 Å². The van der Waals surface area contributed by atoms with E-state index in [9.17, 15) is 0 Å². The van der Waals surface area contributed by atoms with E-state index < -0.39 is 27.9 Å². The lowest BCUT2D eigenvalue weighted by Gasteiger charge is -2.31. The van der Waals surface area contributed by atoms with E-state index >= 15 is 0 Å². The van der Waals surface area contributed by atoms with Crippen LogP contribution in [0.2, 0.25) is 12.1 Å². The lowest BCUT2D eigenvalue weighted by molar-refractivity contribution is 0.0842. The van der Waals surface area contributed by atoms with Crippen LogP contribution in [0.3, 0.4) is 0 Å². The number of fused-ring (bicyclic) bond motifs is 4. The molecular formula is C30H44N2O4Si3. The minimum Gasteiger partial charge on any atom is -0.400 e. The summed E-state index contributed by atoms with van der Waals surface area (Å²) in [6.45, 7) is 1.46. The summed E-state index contributed by atoms with van der Waals surface area (Å²) in [6, 6.07) is 26.3. The molecule has 4 aromatic carbocycles. The minimum absolute atomic E-state index is 0.715. The van der Waals surface area contributed by atoms with E-state index in [1.165, 1.54) is 37.5 Å². The van der Waals surface area contributed by atoms with Crippen molar-refractivity contribution in [3.05, 3.63) is 66.7 Å². The van der Waals surface area contributed by atoms with Crippen molar-refractivity contribution in [2.75, 3.05) is 27.3 Å². The van der Waals surface area contributed by atoms with Crippen molar-refractivity contribution in [1.29, 1.82) is 0 Å². The molecule has 0 saturated heterocycles. The monoisotopic (exact) mass is 580 g/mol. The van der Waals surface area contributed by atoms with Gasteiger partial charge in [-0.3, -0.25) is 0 Å². The maximum atomic E-state index is 6.97. The van der Waals surface area contributed by atoms with E-state index in [0.29, 0.717) is 6.54 Å². The van der Waals surface area contributed by atoms with Crippen LogP contribution in [0.15, 0.2) is 66.7 Å². The molecular weight excluding hydrogens is 537 g/mol. The molecule has 1 atom stereocenters. The summed E-state index contributed by atoms with van der Waals surface area (Å²) in [4.78, 5) is 0. The Morgan fingerprint density at radius 1 is 0.718 bits per heavy atom. The second-order valence-electron chi connectivity index (χ2n) is 10.1. The highest BCUT2D eigenvalue weighted by molar-refractivity contribution is 6.79. The standard InChI is InChI=1S/C30H44N2O4Si3/c1-33-39(34-2,35-37-20-9-3-7-18-31)36-38(21-10-4-8-19-32)29-15-11-14-24-16-17-27-22-25-12-5-6-13-26(25)23-28(27)30(24)29/h5-6,11-17,22-23,38H,3-4,7-10,18-21,31-32,37H2,1-2H3. The average Bonchev–Trinajstić information content (AvgIpc) is 2.98. The summed E-state index contributed by atoms with van der Waals surface area (Å²) >= 11 is 0. The van der Waals surface area contributed by atoms with E-state index in [2.05, 4.69) is 66.7 Å². The fourth-order valence-corrected chi connectivity index (χ4v) is 14.5. The molecule has 0 aromatic heterocycles. The zero-order valence-corrected chi connectivity index (χ0v) is 27.1. The fraction of sp³-hybridized carbons (Fsp3) is 0.400. The first kappa shape index (κ1) is 30.0. The van der Waals surface area contributed by atoms with Gasteiger partial charge in [0.2, 0.25) is 9.04 Å². The Morgan fingerprint density at radius 3 is 2.10 bits per heavy atom. The van der Waals surface area contributed by atoms with Gasteiger partial charge >= 0.3 is 9.05 Å². The molecule has 0 heterocycles. The summed E-state index contributed by atoms with van der Waals surface area (Å²) < 4.78 is 25.3. The van der Waals surface area contributed by atoms with Crippen molar-refractivity contribution in [2.24, 2.45) is 11.5 Å². The third-order valence-corrected chi connectivity index (χ3v) is 15.9. The van der Waals surface area contributed by atoms with Crippen LogP contribution < -0.4 is 16.7 Å². The summed E-state index contributed by atoms with van der Waals surface area (Å²) in [6.07, 6.45) is 6.50. The lowest BCUT2D eigenvalue weighted by atomic mass is 9.98. The summed E-state index contributed by atoms with van der Waals surface area (Å²) in [5.74, 6) is 0. The second-order valence-corrected chi connectivity index (χ2v) is 17.3. The largest absolute Gasteiger partial charge is 0.657 e. The molecule has 4 N–H and O–H groups in total. The number of benzene rings is 4. The number of hydrogen-bond acceptors (Lipinski definition) is 6. The summed E-state index contributed by atoms with van der Waals surface area (Å²) in [5.41, 5.74) is 11.5. The highest BCUT2D eigenvalue weighted by atomic mass is 28.5. The zero-order chi connectivity index (χ0) is 27.5. The SMILES string of the molecule is CO[Si](OC)(O[SiH2]CCCCCN)O[SiH](CCCCCN)c1cccc2ccc3cc4ccccc4cc3c12. The molecule has 6 nitrogen and oxygen atoms in total. The first-order valence-electron chi connectivity index (χ1n) is 14.3. The molecule has 210 valence electrons. The molecule has 1 unspecified atom stereocenters. The summed E-state index contributed by atoms with van der Waals surface area (Å²) in [7, 11) is -2.78. The Bertz CT molecular complexity index is 1340. The minimum atomic E-state index is -3.25.